The van der Waals surface area contributed by atoms with Gasteiger partial charge in [-0.3, -0.25) is 0 Å². The molecule has 0 N–H and O–H groups in total. The highest BCUT2D eigenvalue weighted by molar-refractivity contribution is 7.12. The second kappa shape index (κ2) is 6.02. The highest BCUT2D eigenvalue weighted by atomic mass is 32.1. The minimum atomic E-state index is 0.682. The first kappa shape index (κ1) is 11.5. The Kier molecular flexibility index (Phi) is 4.95. The van der Waals surface area contributed by atoms with Crippen LogP contribution in [0.3, 0.4) is 0 Å². The second-order valence-electron chi connectivity index (χ2n) is 3.76. The van der Waals surface area contributed by atoms with E-state index >= 15 is 0 Å². The molecule has 78 valence electrons. The summed E-state index contributed by atoms with van der Waals surface area (Å²) in [5.74, 6) is 0.682. The van der Waals surface area contributed by atoms with Gasteiger partial charge in [0.2, 0.25) is 0 Å². The van der Waals surface area contributed by atoms with Crippen LogP contribution in [0.4, 0.5) is 0 Å². The first-order chi connectivity index (χ1) is 6.77. The minimum Gasteiger partial charge on any atom is -0.145 e. The molecule has 0 aliphatic rings. The van der Waals surface area contributed by atoms with Crippen LogP contribution in [0.5, 0.6) is 0 Å². The van der Waals surface area contributed by atoms with Crippen LogP contribution >= 0.6 is 11.3 Å². The predicted octanol–water partition coefficient (Wildman–Crippen LogP) is 4.77. The Hall–Kier alpha value is -0.560. The molecule has 1 aromatic heterocycles. The standard InChI is InChI=1S/C13H20S/c1-4-6-8-11(3)13-10-9-12(14-13)7-5-2/h4,6,9-11H,5,7-8H2,1-3H3/b6-4-. The summed E-state index contributed by atoms with van der Waals surface area (Å²) in [7, 11) is 0. The topological polar surface area (TPSA) is 0 Å². The van der Waals surface area contributed by atoms with Gasteiger partial charge in [0.25, 0.3) is 0 Å². The summed E-state index contributed by atoms with van der Waals surface area (Å²) in [5.41, 5.74) is 0. The van der Waals surface area contributed by atoms with Crippen molar-refractivity contribution >= 4 is 11.3 Å². The van der Waals surface area contributed by atoms with Crippen LogP contribution in [0.15, 0.2) is 24.3 Å². The third kappa shape index (κ3) is 3.30. The molecular weight excluding hydrogens is 188 g/mol. The molecule has 0 fully saturated rings. The lowest BCUT2D eigenvalue weighted by atomic mass is 10.1. The van der Waals surface area contributed by atoms with E-state index in [1.807, 2.05) is 11.3 Å². The summed E-state index contributed by atoms with van der Waals surface area (Å²) in [4.78, 5) is 3.07. The van der Waals surface area contributed by atoms with E-state index in [-0.39, 0.29) is 0 Å². The van der Waals surface area contributed by atoms with E-state index in [1.165, 1.54) is 29.0 Å². The fourth-order valence-corrected chi connectivity index (χ4v) is 2.67. The maximum atomic E-state index is 2.31. The van der Waals surface area contributed by atoms with Crippen molar-refractivity contribution in [3.63, 3.8) is 0 Å². The molecule has 0 saturated carbocycles. The molecular formula is C13H20S. The Balaban J connectivity index is 2.56. The van der Waals surface area contributed by atoms with E-state index in [9.17, 15) is 0 Å². The maximum Gasteiger partial charge on any atom is 0.00794 e. The third-order valence-electron chi connectivity index (χ3n) is 2.39. The summed E-state index contributed by atoms with van der Waals surface area (Å²) >= 11 is 1.98. The van der Waals surface area contributed by atoms with E-state index in [2.05, 4.69) is 45.1 Å². The molecule has 14 heavy (non-hydrogen) atoms. The zero-order valence-corrected chi connectivity index (χ0v) is 10.2. The molecule has 0 spiro atoms. The molecule has 0 amide bonds. The molecule has 0 aliphatic carbocycles. The fourth-order valence-electron chi connectivity index (χ4n) is 1.50. The molecule has 1 heteroatoms. The summed E-state index contributed by atoms with van der Waals surface area (Å²) in [6, 6.07) is 4.58. The molecule has 0 saturated heterocycles. The van der Waals surface area contributed by atoms with Gasteiger partial charge in [-0.15, -0.1) is 11.3 Å². The molecule has 0 radical (unpaired) electrons. The SMILES string of the molecule is C/C=C\CC(C)c1ccc(CCC)s1. The average Bonchev–Trinajstić information content (AvgIpc) is 2.63. The molecule has 1 aromatic rings. The predicted molar refractivity (Wildman–Crippen MR) is 66.2 cm³/mol. The highest BCUT2D eigenvalue weighted by Crippen LogP contribution is 2.27. The van der Waals surface area contributed by atoms with Crippen molar-refractivity contribution in [1.82, 2.24) is 0 Å². The van der Waals surface area contributed by atoms with Gasteiger partial charge in [-0.05, 0) is 37.8 Å². The van der Waals surface area contributed by atoms with E-state index in [1.54, 1.807) is 0 Å². The summed E-state index contributed by atoms with van der Waals surface area (Å²) in [6.45, 7) is 6.63. The van der Waals surface area contributed by atoms with Crippen LogP contribution in [0, 0.1) is 0 Å². The number of thiophene rings is 1. The first-order valence-corrected chi connectivity index (χ1v) is 6.29. The van der Waals surface area contributed by atoms with E-state index < -0.39 is 0 Å². The van der Waals surface area contributed by atoms with Gasteiger partial charge in [-0.25, -0.2) is 0 Å². The fraction of sp³-hybridized carbons (Fsp3) is 0.538. The van der Waals surface area contributed by atoms with Gasteiger partial charge in [0.15, 0.2) is 0 Å². The Labute approximate surface area is 91.7 Å². The number of rotatable bonds is 5. The van der Waals surface area contributed by atoms with Crippen molar-refractivity contribution in [2.75, 3.05) is 0 Å². The van der Waals surface area contributed by atoms with Crippen LogP contribution in [0.1, 0.15) is 49.3 Å². The largest absolute Gasteiger partial charge is 0.145 e. The Morgan fingerprint density at radius 3 is 2.86 bits per heavy atom. The summed E-state index contributed by atoms with van der Waals surface area (Å²) in [6.07, 6.45) is 8.05. The van der Waals surface area contributed by atoms with Gasteiger partial charge in [-0.1, -0.05) is 32.4 Å². The Morgan fingerprint density at radius 1 is 1.43 bits per heavy atom. The van der Waals surface area contributed by atoms with E-state index in [0.29, 0.717) is 5.92 Å². The van der Waals surface area contributed by atoms with Gasteiger partial charge < -0.3 is 0 Å². The molecule has 1 atom stereocenters. The second-order valence-corrected chi connectivity index (χ2v) is 4.96. The zero-order valence-electron chi connectivity index (χ0n) is 9.42. The van der Waals surface area contributed by atoms with Gasteiger partial charge in [0, 0.05) is 9.75 Å². The summed E-state index contributed by atoms with van der Waals surface area (Å²) in [5, 5.41) is 0. The van der Waals surface area contributed by atoms with Crippen LogP contribution < -0.4 is 0 Å². The molecule has 1 unspecified atom stereocenters. The van der Waals surface area contributed by atoms with Crippen LogP contribution in [0.25, 0.3) is 0 Å². The van der Waals surface area contributed by atoms with Gasteiger partial charge in [-0.2, -0.15) is 0 Å². The van der Waals surface area contributed by atoms with E-state index in [0.717, 1.165) is 0 Å². The van der Waals surface area contributed by atoms with Gasteiger partial charge >= 0.3 is 0 Å². The molecule has 0 bridgehead atoms. The zero-order chi connectivity index (χ0) is 10.4. The van der Waals surface area contributed by atoms with Crippen molar-refractivity contribution in [1.29, 1.82) is 0 Å². The van der Waals surface area contributed by atoms with Gasteiger partial charge in [0.05, 0.1) is 0 Å². The number of hydrogen-bond donors (Lipinski definition) is 0. The van der Waals surface area contributed by atoms with E-state index in [4.69, 9.17) is 0 Å². The first-order valence-electron chi connectivity index (χ1n) is 5.47. The maximum absolute atomic E-state index is 2.31. The monoisotopic (exact) mass is 208 g/mol. The average molecular weight is 208 g/mol. The Morgan fingerprint density at radius 2 is 2.21 bits per heavy atom. The van der Waals surface area contributed by atoms with Crippen LogP contribution in [0.2, 0.25) is 0 Å². The van der Waals surface area contributed by atoms with Crippen molar-refractivity contribution in [2.45, 2.75) is 46.0 Å². The number of allylic oxidation sites excluding steroid dienone is 2. The lowest BCUT2D eigenvalue weighted by Gasteiger charge is -2.04. The quantitative estimate of drug-likeness (QED) is 0.611. The molecule has 1 rings (SSSR count). The molecule has 0 aromatic carbocycles. The normalized spacial score (nSPS) is 13.6. The molecule has 1 heterocycles. The number of hydrogen-bond acceptors (Lipinski definition) is 1. The van der Waals surface area contributed by atoms with Crippen LogP contribution in [-0.2, 0) is 6.42 Å². The molecule has 0 nitrogen and oxygen atoms in total. The Bertz CT molecular complexity index is 283. The van der Waals surface area contributed by atoms with Gasteiger partial charge in [0.1, 0.15) is 0 Å². The summed E-state index contributed by atoms with van der Waals surface area (Å²) < 4.78 is 0. The minimum absolute atomic E-state index is 0.682. The lowest BCUT2D eigenvalue weighted by Crippen LogP contribution is -1.86. The number of aryl methyl sites for hydroxylation is 1. The molecule has 0 aliphatic heterocycles. The third-order valence-corrected chi connectivity index (χ3v) is 3.77. The highest BCUT2D eigenvalue weighted by Gasteiger charge is 2.06. The van der Waals surface area contributed by atoms with Crippen molar-refractivity contribution in [3.8, 4) is 0 Å². The van der Waals surface area contributed by atoms with Crippen LogP contribution in [-0.4, -0.2) is 0 Å². The van der Waals surface area contributed by atoms with Crippen molar-refractivity contribution in [2.24, 2.45) is 0 Å². The van der Waals surface area contributed by atoms with Crippen molar-refractivity contribution in [3.05, 3.63) is 34.0 Å². The lowest BCUT2D eigenvalue weighted by molar-refractivity contribution is 0.797. The van der Waals surface area contributed by atoms with Crippen molar-refractivity contribution < 1.29 is 0 Å². The smallest absolute Gasteiger partial charge is 0.00794 e.